The van der Waals surface area contributed by atoms with Gasteiger partial charge in [-0.1, -0.05) is 0 Å². The Labute approximate surface area is 178 Å². The Morgan fingerprint density at radius 3 is 2.81 bits per heavy atom. The topological polar surface area (TPSA) is 107 Å². The third kappa shape index (κ3) is 3.25. The number of fused-ring (bicyclic) bond motifs is 2. The van der Waals surface area contributed by atoms with Crippen LogP contribution in [0.1, 0.15) is 17.3 Å². The fraction of sp³-hybridized carbons (Fsp3) is 0.333. The molecule has 0 radical (unpaired) electrons. The Bertz CT molecular complexity index is 1270. The molecular weight excluding hydrogens is 398 g/mol. The fourth-order valence-electron chi connectivity index (χ4n) is 3.75. The molecule has 5 rings (SSSR count). The van der Waals surface area contributed by atoms with Gasteiger partial charge >= 0.3 is 0 Å². The molecule has 1 aliphatic rings. The number of hydrogen-bond acceptors (Lipinski definition) is 7. The summed E-state index contributed by atoms with van der Waals surface area (Å²) in [5.41, 5.74) is 3.78. The molecule has 4 aromatic rings. The first-order chi connectivity index (χ1) is 15.1. The average Bonchev–Trinajstić information content (AvgIpc) is 3.35. The molecule has 0 saturated carbocycles. The molecule has 10 nitrogen and oxygen atoms in total. The maximum absolute atomic E-state index is 12.2. The minimum absolute atomic E-state index is 0.184. The van der Waals surface area contributed by atoms with Crippen LogP contribution in [0, 0.1) is 5.92 Å². The Morgan fingerprint density at radius 1 is 1.29 bits per heavy atom. The van der Waals surface area contributed by atoms with E-state index < -0.39 is 0 Å². The molecule has 160 valence electrons. The molecule has 1 fully saturated rings. The zero-order chi connectivity index (χ0) is 21.5. The predicted octanol–water partition coefficient (Wildman–Crippen LogP) is 1.86. The molecule has 4 aromatic heterocycles. The molecule has 0 spiro atoms. The Morgan fingerprint density at radius 2 is 2.10 bits per heavy atom. The Balaban J connectivity index is 1.56. The minimum atomic E-state index is -0.184. The van der Waals surface area contributed by atoms with E-state index in [0.717, 1.165) is 29.9 Å². The van der Waals surface area contributed by atoms with Crippen LogP contribution in [0.3, 0.4) is 0 Å². The number of carbonyl (C=O) groups is 1. The van der Waals surface area contributed by atoms with E-state index in [0.29, 0.717) is 28.8 Å². The quantitative estimate of drug-likeness (QED) is 0.489. The van der Waals surface area contributed by atoms with Crippen LogP contribution in [0.2, 0.25) is 0 Å². The number of aromatic nitrogens is 5. The number of ether oxygens (including phenoxy) is 2. The van der Waals surface area contributed by atoms with E-state index in [1.165, 1.54) is 0 Å². The lowest BCUT2D eigenvalue weighted by Crippen LogP contribution is -2.40. The van der Waals surface area contributed by atoms with Crippen LogP contribution in [0.4, 0.5) is 5.95 Å². The van der Waals surface area contributed by atoms with E-state index in [4.69, 9.17) is 9.47 Å². The van der Waals surface area contributed by atoms with Gasteiger partial charge in [-0.2, -0.15) is 10.1 Å². The van der Waals surface area contributed by atoms with Crippen molar-refractivity contribution in [1.82, 2.24) is 29.5 Å². The van der Waals surface area contributed by atoms with Crippen molar-refractivity contribution in [3.05, 3.63) is 42.4 Å². The van der Waals surface area contributed by atoms with Gasteiger partial charge in [0, 0.05) is 37.0 Å². The van der Waals surface area contributed by atoms with Gasteiger partial charge in [0.25, 0.3) is 5.91 Å². The summed E-state index contributed by atoms with van der Waals surface area (Å²) in [6, 6.07) is 6.02. The van der Waals surface area contributed by atoms with Crippen LogP contribution in [-0.4, -0.2) is 63.5 Å². The van der Waals surface area contributed by atoms with Crippen molar-refractivity contribution >= 4 is 22.9 Å². The maximum Gasteiger partial charge on any atom is 0.254 e. The van der Waals surface area contributed by atoms with Crippen LogP contribution in [0.5, 0.6) is 5.88 Å². The highest BCUT2D eigenvalue weighted by atomic mass is 16.5. The maximum atomic E-state index is 12.2. The summed E-state index contributed by atoms with van der Waals surface area (Å²) in [6.07, 6.45) is 5.26. The van der Waals surface area contributed by atoms with Gasteiger partial charge < -0.3 is 20.1 Å². The monoisotopic (exact) mass is 421 g/mol. The second kappa shape index (κ2) is 7.55. The first-order valence-corrected chi connectivity index (χ1v) is 10.1. The van der Waals surface area contributed by atoms with Crippen molar-refractivity contribution in [2.45, 2.75) is 13.0 Å². The number of pyridine rings is 1. The first kappa shape index (κ1) is 19.3. The largest absolute Gasteiger partial charge is 0.479 e. The normalized spacial score (nSPS) is 15.1. The van der Waals surface area contributed by atoms with E-state index in [1.54, 1.807) is 29.4 Å². The molecule has 10 heteroatoms. The summed E-state index contributed by atoms with van der Waals surface area (Å²) in [7, 11) is 3.19. The number of anilines is 1. The third-order valence-corrected chi connectivity index (χ3v) is 5.70. The summed E-state index contributed by atoms with van der Waals surface area (Å²) < 4.78 is 14.3. The van der Waals surface area contributed by atoms with Gasteiger partial charge in [-0.25, -0.2) is 9.03 Å². The van der Waals surface area contributed by atoms with Crippen molar-refractivity contribution in [1.29, 1.82) is 0 Å². The number of amides is 1. The van der Waals surface area contributed by atoms with Gasteiger partial charge in [-0.15, -0.1) is 5.10 Å². The van der Waals surface area contributed by atoms with E-state index in [9.17, 15) is 4.79 Å². The second-order valence-electron chi connectivity index (χ2n) is 7.58. The minimum Gasteiger partial charge on any atom is -0.479 e. The first-order valence-electron chi connectivity index (χ1n) is 10.1. The smallest absolute Gasteiger partial charge is 0.254 e. The number of nitrogens with one attached hydrogen (secondary N) is 2. The van der Waals surface area contributed by atoms with Crippen molar-refractivity contribution in [2.24, 2.45) is 5.92 Å². The predicted molar refractivity (Wildman–Crippen MR) is 115 cm³/mol. The highest BCUT2D eigenvalue weighted by Gasteiger charge is 2.26. The van der Waals surface area contributed by atoms with Crippen molar-refractivity contribution in [3.8, 4) is 17.0 Å². The third-order valence-electron chi connectivity index (χ3n) is 5.70. The second-order valence-corrected chi connectivity index (χ2v) is 7.58. The van der Waals surface area contributed by atoms with Crippen LogP contribution in [-0.2, 0) is 4.74 Å². The van der Waals surface area contributed by atoms with Crippen molar-refractivity contribution in [2.75, 3.05) is 32.7 Å². The standard InChI is InChI=1S/C21H23N7O3/c1-12(14-10-31-11-14)24-21-25-20(30-3)18-15(5-7-28(18)26-21)13-4-6-27-17(8-13)16(9-23-27)19(29)22-2/h4-9,12,14H,10-11H2,1-3H3,(H,22,29)(H,24,26)/t12-/m1/s1. The van der Waals surface area contributed by atoms with Gasteiger partial charge in [0.2, 0.25) is 11.8 Å². The lowest BCUT2D eigenvalue weighted by molar-refractivity contribution is -0.0380. The van der Waals surface area contributed by atoms with Gasteiger partial charge in [-0.05, 0) is 30.7 Å². The summed E-state index contributed by atoms with van der Waals surface area (Å²) >= 11 is 0. The van der Waals surface area contributed by atoms with Gasteiger partial charge in [0.05, 0.1) is 37.6 Å². The zero-order valence-corrected chi connectivity index (χ0v) is 17.5. The molecule has 1 amide bonds. The highest BCUT2D eigenvalue weighted by molar-refractivity contribution is 6.01. The SMILES string of the molecule is CNC(=O)c1cnn2ccc(-c3ccn4nc(N[C@H](C)C5COC5)nc(OC)c34)cc12. The van der Waals surface area contributed by atoms with Gasteiger partial charge in [0.15, 0.2) is 0 Å². The lowest BCUT2D eigenvalue weighted by atomic mass is 10.0. The van der Waals surface area contributed by atoms with Crippen LogP contribution < -0.4 is 15.4 Å². The van der Waals surface area contributed by atoms with Gasteiger partial charge in [0.1, 0.15) is 5.52 Å². The van der Waals surface area contributed by atoms with Crippen molar-refractivity contribution < 1.29 is 14.3 Å². The molecule has 1 saturated heterocycles. The van der Waals surface area contributed by atoms with Crippen LogP contribution >= 0.6 is 0 Å². The van der Waals surface area contributed by atoms with Gasteiger partial charge in [-0.3, -0.25) is 4.79 Å². The number of nitrogens with zero attached hydrogens (tertiary/aromatic N) is 5. The van der Waals surface area contributed by atoms with E-state index in [1.807, 2.05) is 30.6 Å². The summed E-state index contributed by atoms with van der Waals surface area (Å²) in [5.74, 6) is 1.23. The number of methoxy groups -OCH3 is 1. The average molecular weight is 421 g/mol. The molecule has 1 aliphatic heterocycles. The lowest BCUT2D eigenvalue weighted by Gasteiger charge is -2.31. The van der Waals surface area contributed by atoms with Crippen LogP contribution in [0.15, 0.2) is 36.8 Å². The van der Waals surface area contributed by atoms with E-state index in [2.05, 4.69) is 32.7 Å². The zero-order valence-electron chi connectivity index (χ0n) is 17.5. The molecule has 0 unspecified atom stereocenters. The van der Waals surface area contributed by atoms with E-state index in [-0.39, 0.29) is 11.9 Å². The van der Waals surface area contributed by atoms with Crippen LogP contribution in [0.25, 0.3) is 22.2 Å². The molecule has 5 heterocycles. The number of carbonyl (C=O) groups excluding carboxylic acids is 1. The molecule has 31 heavy (non-hydrogen) atoms. The molecule has 0 aromatic carbocycles. The number of hydrogen-bond donors (Lipinski definition) is 2. The summed E-state index contributed by atoms with van der Waals surface area (Å²) in [4.78, 5) is 16.8. The molecule has 2 N–H and O–H groups in total. The Hall–Kier alpha value is -3.66. The fourth-order valence-corrected chi connectivity index (χ4v) is 3.75. The molecule has 0 bridgehead atoms. The summed E-state index contributed by atoms with van der Waals surface area (Å²) in [5, 5.41) is 14.9. The number of rotatable bonds is 6. The van der Waals surface area contributed by atoms with E-state index >= 15 is 0 Å². The summed E-state index contributed by atoms with van der Waals surface area (Å²) in [6.45, 7) is 3.59. The molecule has 1 atom stereocenters. The highest BCUT2D eigenvalue weighted by Crippen LogP contribution is 2.32. The molecule has 0 aliphatic carbocycles. The Kier molecular flexibility index (Phi) is 4.70. The van der Waals surface area contributed by atoms with Crippen molar-refractivity contribution in [3.63, 3.8) is 0 Å². The molecular formula is C21H23N7O3.